The molecule has 0 radical (unpaired) electrons. The van der Waals surface area contributed by atoms with Crippen LogP contribution in [0.2, 0.25) is 0 Å². The highest BCUT2D eigenvalue weighted by molar-refractivity contribution is 8.00. The van der Waals surface area contributed by atoms with Crippen molar-refractivity contribution in [2.75, 3.05) is 29.5 Å². The van der Waals surface area contributed by atoms with Crippen LogP contribution in [0.15, 0.2) is 24.3 Å². The molecule has 1 aromatic rings. The highest BCUT2D eigenvalue weighted by Gasteiger charge is 2.16. The minimum Gasteiger partial charge on any atom is -0.399 e. The van der Waals surface area contributed by atoms with Gasteiger partial charge in [0.05, 0.1) is 0 Å². The molecule has 2 rings (SSSR count). The van der Waals surface area contributed by atoms with Gasteiger partial charge in [0.2, 0.25) is 0 Å². The maximum Gasteiger partial charge on any atom is 0.0387 e. The number of hydrogen-bond acceptors (Lipinski definition) is 3. The molecule has 0 aromatic heterocycles. The molecule has 0 spiro atoms. The third-order valence-corrected chi connectivity index (χ3v) is 3.61. The zero-order valence-corrected chi connectivity index (χ0v) is 9.26. The second-order valence-electron chi connectivity index (χ2n) is 3.72. The summed E-state index contributed by atoms with van der Waals surface area (Å²) < 4.78 is 0. The SMILES string of the molecule is CC1CN(c2cccc(N)c2)CCS1. The quantitative estimate of drug-likeness (QED) is 0.717. The fourth-order valence-corrected chi connectivity index (χ4v) is 2.79. The molecule has 1 saturated heterocycles. The molecule has 1 fully saturated rings. The van der Waals surface area contributed by atoms with Crippen molar-refractivity contribution in [1.82, 2.24) is 0 Å². The Bertz CT molecular complexity index is 314. The monoisotopic (exact) mass is 208 g/mol. The third-order valence-electron chi connectivity index (χ3n) is 2.48. The minimum absolute atomic E-state index is 0.727. The lowest BCUT2D eigenvalue weighted by molar-refractivity contribution is 0.783. The van der Waals surface area contributed by atoms with Crippen molar-refractivity contribution in [1.29, 1.82) is 0 Å². The summed E-state index contributed by atoms with van der Waals surface area (Å²) >= 11 is 2.05. The Morgan fingerprint density at radius 2 is 2.36 bits per heavy atom. The maximum absolute atomic E-state index is 5.77. The summed E-state index contributed by atoms with van der Waals surface area (Å²) in [5.41, 5.74) is 7.88. The fourth-order valence-electron chi connectivity index (χ4n) is 1.77. The van der Waals surface area contributed by atoms with Crippen LogP contribution in [0.25, 0.3) is 0 Å². The van der Waals surface area contributed by atoms with E-state index in [1.165, 1.54) is 11.4 Å². The van der Waals surface area contributed by atoms with Crippen LogP contribution in [0.3, 0.4) is 0 Å². The second kappa shape index (κ2) is 4.13. The molecule has 1 heterocycles. The van der Waals surface area contributed by atoms with E-state index in [0.717, 1.165) is 24.0 Å². The first-order valence-electron chi connectivity index (χ1n) is 4.98. The van der Waals surface area contributed by atoms with Gasteiger partial charge in [-0.15, -0.1) is 0 Å². The average molecular weight is 208 g/mol. The molecular formula is C11H16N2S. The van der Waals surface area contributed by atoms with Gasteiger partial charge in [-0.3, -0.25) is 0 Å². The van der Waals surface area contributed by atoms with Crippen LogP contribution in [0.4, 0.5) is 11.4 Å². The molecule has 1 unspecified atom stereocenters. The molecule has 1 atom stereocenters. The van der Waals surface area contributed by atoms with E-state index in [2.05, 4.69) is 24.0 Å². The minimum atomic E-state index is 0.727. The molecular weight excluding hydrogens is 192 g/mol. The Kier molecular flexibility index (Phi) is 2.87. The van der Waals surface area contributed by atoms with Gasteiger partial charge in [-0.25, -0.2) is 0 Å². The zero-order valence-electron chi connectivity index (χ0n) is 8.44. The van der Waals surface area contributed by atoms with Crippen molar-refractivity contribution in [3.63, 3.8) is 0 Å². The first kappa shape index (κ1) is 9.71. The second-order valence-corrected chi connectivity index (χ2v) is 5.27. The van der Waals surface area contributed by atoms with Crippen molar-refractivity contribution < 1.29 is 0 Å². The predicted molar refractivity (Wildman–Crippen MR) is 65.0 cm³/mol. The maximum atomic E-state index is 5.77. The molecule has 0 aliphatic carbocycles. The molecule has 76 valence electrons. The van der Waals surface area contributed by atoms with Crippen LogP contribution in [-0.4, -0.2) is 24.1 Å². The topological polar surface area (TPSA) is 29.3 Å². The van der Waals surface area contributed by atoms with Crippen molar-refractivity contribution >= 4 is 23.1 Å². The number of thioether (sulfide) groups is 1. The Morgan fingerprint density at radius 3 is 3.07 bits per heavy atom. The van der Waals surface area contributed by atoms with Crippen LogP contribution in [-0.2, 0) is 0 Å². The lowest BCUT2D eigenvalue weighted by atomic mass is 10.2. The zero-order chi connectivity index (χ0) is 9.97. The number of nitrogens with zero attached hydrogens (tertiary/aromatic N) is 1. The lowest BCUT2D eigenvalue weighted by Gasteiger charge is -2.32. The summed E-state index contributed by atoms with van der Waals surface area (Å²) in [6, 6.07) is 8.16. The summed E-state index contributed by atoms with van der Waals surface area (Å²) in [4.78, 5) is 2.41. The Hall–Kier alpha value is -0.830. The fraction of sp³-hybridized carbons (Fsp3) is 0.455. The molecule has 1 aliphatic heterocycles. The number of hydrogen-bond donors (Lipinski definition) is 1. The van der Waals surface area contributed by atoms with E-state index in [4.69, 9.17) is 5.73 Å². The summed E-state index contributed by atoms with van der Waals surface area (Å²) in [5, 5.41) is 0.727. The van der Waals surface area contributed by atoms with Crippen LogP contribution in [0.5, 0.6) is 0 Å². The Balaban J connectivity index is 2.14. The molecule has 0 amide bonds. The van der Waals surface area contributed by atoms with E-state index in [1.807, 2.05) is 23.9 Å². The van der Waals surface area contributed by atoms with E-state index < -0.39 is 0 Å². The molecule has 1 aliphatic rings. The van der Waals surface area contributed by atoms with Gasteiger partial charge in [0.15, 0.2) is 0 Å². The molecule has 2 nitrogen and oxygen atoms in total. The van der Waals surface area contributed by atoms with Crippen molar-refractivity contribution in [2.45, 2.75) is 12.2 Å². The summed E-state index contributed by atoms with van der Waals surface area (Å²) in [6.45, 7) is 4.55. The highest BCUT2D eigenvalue weighted by atomic mass is 32.2. The van der Waals surface area contributed by atoms with Gasteiger partial charge in [0.25, 0.3) is 0 Å². The molecule has 0 bridgehead atoms. The smallest absolute Gasteiger partial charge is 0.0387 e. The number of rotatable bonds is 1. The van der Waals surface area contributed by atoms with Crippen LogP contribution >= 0.6 is 11.8 Å². The molecule has 2 N–H and O–H groups in total. The molecule has 1 aromatic carbocycles. The van der Waals surface area contributed by atoms with Gasteiger partial charge in [0.1, 0.15) is 0 Å². The predicted octanol–water partition coefficient (Wildman–Crippen LogP) is 2.21. The number of benzene rings is 1. The van der Waals surface area contributed by atoms with E-state index in [-0.39, 0.29) is 0 Å². The molecule has 0 saturated carbocycles. The first-order valence-corrected chi connectivity index (χ1v) is 6.02. The van der Waals surface area contributed by atoms with Crippen molar-refractivity contribution in [2.24, 2.45) is 0 Å². The molecule has 14 heavy (non-hydrogen) atoms. The van der Waals surface area contributed by atoms with E-state index in [9.17, 15) is 0 Å². The van der Waals surface area contributed by atoms with Crippen molar-refractivity contribution in [3.8, 4) is 0 Å². The van der Waals surface area contributed by atoms with Crippen LogP contribution in [0.1, 0.15) is 6.92 Å². The third kappa shape index (κ3) is 2.15. The lowest BCUT2D eigenvalue weighted by Crippen LogP contribution is -2.36. The Morgan fingerprint density at radius 1 is 1.50 bits per heavy atom. The van der Waals surface area contributed by atoms with Gasteiger partial charge in [-0.2, -0.15) is 11.8 Å². The van der Waals surface area contributed by atoms with E-state index in [0.29, 0.717) is 0 Å². The Labute approximate surface area is 89.5 Å². The van der Waals surface area contributed by atoms with Crippen LogP contribution in [0, 0.1) is 0 Å². The van der Waals surface area contributed by atoms with Crippen molar-refractivity contribution in [3.05, 3.63) is 24.3 Å². The van der Waals surface area contributed by atoms with Gasteiger partial charge >= 0.3 is 0 Å². The number of nitrogen functional groups attached to an aromatic ring is 1. The molecule has 3 heteroatoms. The van der Waals surface area contributed by atoms with Gasteiger partial charge in [-0.05, 0) is 18.2 Å². The largest absolute Gasteiger partial charge is 0.399 e. The summed E-state index contributed by atoms with van der Waals surface area (Å²) in [6.07, 6.45) is 0. The van der Waals surface area contributed by atoms with Gasteiger partial charge in [-0.1, -0.05) is 13.0 Å². The average Bonchev–Trinajstić information content (AvgIpc) is 2.18. The standard InChI is InChI=1S/C11H16N2S/c1-9-8-13(5-6-14-9)11-4-2-3-10(12)7-11/h2-4,7,9H,5-6,8,12H2,1H3. The highest BCUT2D eigenvalue weighted by Crippen LogP contribution is 2.24. The summed E-state index contributed by atoms with van der Waals surface area (Å²) in [5.74, 6) is 1.22. The number of nitrogens with two attached hydrogens (primary N) is 1. The van der Waals surface area contributed by atoms with E-state index >= 15 is 0 Å². The van der Waals surface area contributed by atoms with Gasteiger partial charge in [0, 0.05) is 35.5 Å². The van der Waals surface area contributed by atoms with Crippen LogP contribution < -0.4 is 10.6 Å². The number of anilines is 2. The summed E-state index contributed by atoms with van der Waals surface area (Å²) in [7, 11) is 0. The van der Waals surface area contributed by atoms with E-state index in [1.54, 1.807) is 0 Å². The normalized spacial score (nSPS) is 22.4. The first-order chi connectivity index (χ1) is 6.75. The van der Waals surface area contributed by atoms with Gasteiger partial charge < -0.3 is 10.6 Å².